The third kappa shape index (κ3) is 11.0. The lowest BCUT2D eigenvalue weighted by atomic mass is 10.1. The quantitative estimate of drug-likeness (QED) is 0.251. The lowest BCUT2D eigenvalue weighted by Gasteiger charge is -2.25. The molecule has 1 amide bonds. The van der Waals surface area contributed by atoms with Gasteiger partial charge < -0.3 is 25.6 Å². The third-order valence-corrected chi connectivity index (χ3v) is 4.69. The van der Waals surface area contributed by atoms with Gasteiger partial charge in [-0.15, -0.1) is 24.0 Å². The predicted octanol–water partition coefficient (Wildman–Crippen LogP) is 3.70. The molecule has 1 unspecified atom stereocenters. The molecule has 1 aromatic rings. The van der Waals surface area contributed by atoms with Crippen LogP contribution in [0.2, 0.25) is 0 Å². The average Bonchev–Trinajstić information content (AvgIpc) is 3.44. The van der Waals surface area contributed by atoms with E-state index in [4.69, 9.17) is 4.74 Å². The Morgan fingerprint density at radius 2 is 1.81 bits per heavy atom. The van der Waals surface area contributed by atoms with Crippen LogP contribution in [0.5, 0.6) is 5.75 Å². The van der Waals surface area contributed by atoms with E-state index < -0.39 is 0 Å². The maximum absolute atomic E-state index is 12.2. The fraction of sp³-hybridized carbons (Fsp3) is 0.652. The second-order valence-electron chi connectivity index (χ2n) is 9.53. The van der Waals surface area contributed by atoms with Gasteiger partial charge in [0, 0.05) is 23.8 Å². The molecule has 1 aliphatic rings. The van der Waals surface area contributed by atoms with Gasteiger partial charge in [-0.05, 0) is 91.7 Å². The van der Waals surface area contributed by atoms with Crippen molar-refractivity contribution >= 4 is 41.5 Å². The molecule has 0 heterocycles. The highest BCUT2D eigenvalue weighted by Gasteiger charge is 2.32. The summed E-state index contributed by atoms with van der Waals surface area (Å²) in [5, 5.41) is 9.69. The number of nitrogens with one attached hydrogen (secondary N) is 3. The van der Waals surface area contributed by atoms with Gasteiger partial charge >= 0.3 is 0 Å². The van der Waals surface area contributed by atoms with E-state index in [0.29, 0.717) is 12.0 Å². The molecule has 0 saturated heterocycles. The first-order valence-corrected chi connectivity index (χ1v) is 10.8. The SMILES string of the molecule is CC(C)Oc1ccc(NC(=NCC(=O)NC(C)(C)C)NCC(C2CC2)N(C)C)cc1.I. The molecule has 1 atom stereocenters. The molecule has 1 saturated carbocycles. The van der Waals surface area contributed by atoms with Crippen molar-refractivity contribution in [3.8, 4) is 5.75 Å². The number of carbonyl (C=O) groups excluding carboxylic acids is 1. The van der Waals surface area contributed by atoms with Crippen molar-refractivity contribution in [2.24, 2.45) is 10.9 Å². The Balaban J connectivity index is 0.00000480. The molecule has 0 aliphatic heterocycles. The topological polar surface area (TPSA) is 78.0 Å². The molecule has 176 valence electrons. The average molecular weight is 546 g/mol. The first-order valence-electron chi connectivity index (χ1n) is 10.8. The van der Waals surface area contributed by atoms with Crippen molar-refractivity contribution in [1.29, 1.82) is 0 Å². The third-order valence-electron chi connectivity index (χ3n) is 4.69. The van der Waals surface area contributed by atoms with Gasteiger partial charge in [0.05, 0.1) is 6.10 Å². The molecule has 1 aliphatic carbocycles. The molecular formula is C23H40IN5O2. The number of guanidine groups is 1. The minimum atomic E-state index is -0.276. The van der Waals surface area contributed by atoms with E-state index in [1.54, 1.807) is 0 Å². The summed E-state index contributed by atoms with van der Waals surface area (Å²) in [7, 11) is 4.22. The van der Waals surface area contributed by atoms with Crippen molar-refractivity contribution in [3.63, 3.8) is 0 Å². The van der Waals surface area contributed by atoms with E-state index in [1.807, 2.05) is 58.9 Å². The Morgan fingerprint density at radius 1 is 1.19 bits per heavy atom. The number of halogens is 1. The largest absolute Gasteiger partial charge is 0.491 e. The van der Waals surface area contributed by atoms with Crippen molar-refractivity contribution in [2.45, 2.75) is 65.1 Å². The van der Waals surface area contributed by atoms with Crippen LogP contribution in [0.25, 0.3) is 0 Å². The van der Waals surface area contributed by atoms with Gasteiger partial charge in [-0.2, -0.15) is 0 Å². The molecule has 0 aromatic heterocycles. The van der Waals surface area contributed by atoms with E-state index in [0.717, 1.165) is 23.9 Å². The Kier molecular flexibility index (Phi) is 11.1. The number of aliphatic imine (C=N–C) groups is 1. The molecule has 1 aromatic carbocycles. The highest BCUT2D eigenvalue weighted by molar-refractivity contribution is 14.0. The number of rotatable bonds is 9. The number of nitrogens with zero attached hydrogens (tertiary/aromatic N) is 2. The summed E-state index contributed by atoms with van der Waals surface area (Å²) in [4.78, 5) is 19.0. The summed E-state index contributed by atoms with van der Waals surface area (Å²) in [5.74, 6) is 2.05. The molecule has 8 heteroatoms. The van der Waals surface area contributed by atoms with Crippen LogP contribution in [0.4, 0.5) is 5.69 Å². The van der Waals surface area contributed by atoms with E-state index >= 15 is 0 Å². The van der Waals surface area contributed by atoms with Gasteiger partial charge in [-0.25, -0.2) is 4.99 Å². The fourth-order valence-electron chi connectivity index (χ4n) is 3.23. The van der Waals surface area contributed by atoms with Crippen molar-refractivity contribution < 1.29 is 9.53 Å². The van der Waals surface area contributed by atoms with Crippen molar-refractivity contribution in [1.82, 2.24) is 15.5 Å². The highest BCUT2D eigenvalue weighted by atomic mass is 127. The zero-order valence-electron chi connectivity index (χ0n) is 20.0. The number of anilines is 1. The van der Waals surface area contributed by atoms with Crippen LogP contribution in [-0.4, -0.2) is 61.6 Å². The maximum atomic E-state index is 12.2. The van der Waals surface area contributed by atoms with E-state index in [-0.39, 0.29) is 48.1 Å². The molecule has 7 nitrogen and oxygen atoms in total. The van der Waals surface area contributed by atoms with E-state index in [2.05, 4.69) is 39.9 Å². The molecule has 0 spiro atoms. The van der Waals surface area contributed by atoms with Gasteiger partial charge in [0.2, 0.25) is 5.91 Å². The zero-order valence-corrected chi connectivity index (χ0v) is 22.3. The van der Waals surface area contributed by atoms with Crippen LogP contribution in [-0.2, 0) is 4.79 Å². The second kappa shape index (κ2) is 12.5. The molecule has 1 fully saturated rings. The number of likely N-dealkylation sites (N-methyl/N-ethyl adjacent to an activating group) is 1. The monoisotopic (exact) mass is 545 g/mol. The second-order valence-corrected chi connectivity index (χ2v) is 9.53. The number of ether oxygens (including phenoxy) is 1. The number of amides is 1. The molecule has 2 rings (SSSR count). The predicted molar refractivity (Wildman–Crippen MR) is 140 cm³/mol. The number of benzene rings is 1. The van der Waals surface area contributed by atoms with Gasteiger partial charge in [-0.1, -0.05) is 0 Å². The van der Waals surface area contributed by atoms with Crippen LogP contribution in [0.3, 0.4) is 0 Å². The van der Waals surface area contributed by atoms with Crippen LogP contribution in [0, 0.1) is 5.92 Å². The van der Waals surface area contributed by atoms with Crippen LogP contribution in [0.15, 0.2) is 29.3 Å². The lowest BCUT2D eigenvalue weighted by molar-refractivity contribution is -0.121. The molecule has 0 bridgehead atoms. The van der Waals surface area contributed by atoms with Gasteiger partial charge in [0.25, 0.3) is 0 Å². The summed E-state index contributed by atoms with van der Waals surface area (Å²) in [6, 6.07) is 8.21. The molecule has 31 heavy (non-hydrogen) atoms. The Labute approximate surface area is 204 Å². The Bertz CT molecular complexity index is 708. The van der Waals surface area contributed by atoms with Crippen LogP contribution < -0.4 is 20.7 Å². The van der Waals surface area contributed by atoms with E-state index in [1.165, 1.54) is 12.8 Å². The molecular weight excluding hydrogens is 505 g/mol. The van der Waals surface area contributed by atoms with Crippen LogP contribution >= 0.6 is 24.0 Å². The zero-order chi connectivity index (χ0) is 22.3. The normalized spacial score (nSPS) is 15.3. The van der Waals surface area contributed by atoms with Gasteiger partial charge in [0.1, 0.15) is 12.3 Å². The molecule has 3 N–H and O–H groups in total. The number of hydrogen-bond acceptors (Lipinski definition) is 4. The first kappa shape index (κ1) is 27.5. The summed E-state index contributed by atoms with van der Waals surface area (Å²) in [5.41, 5.74) is 0.614. The highest BCUT2D eigenvalue weighted by Crippen LogP contribution is 2.34. The van der Waals surface area contributed by atoms with Gasteiger partial charge in [0.15, 0.2) is 5.96 Å². The minimum absolute atomic E-state index is 0. The van der Waals surface area contributed by atoms with Crippen molar-refractivity contribution in [3.05, 3.63) is 24.3 Å². The van der Waals surface area contributed by atoms with Crippen LogP contribution in [0.1, 0.15) is 47.5 Å². The lowest BCUT2D eigenvalue weighted by Crippen LogP contribution is -2.45. The van der Waals surface area contributed by atoms with E-state index in [9.17, 15) is 4.79 Å². The minimum Gasteiger partial charge on any atom is -0.491 e. The smallest absolute Gasteiger partial charge is 0.242 e. The summed E-state index contributed by atoms with van der Waals surface area (Å²) in [6.45, 7) is 10.7. The number of carbonyl (C=O) groups is 1. The van der Waals surface area contributed by atoms with Crippen molar-refractivity contribution in [2.75, 3.05) is 32.5 Å². The standard InChI is InChI=1S/C23H39N5O2.HI/c1-16(2)30-19-12-10-18(11-13-19)26-22(25-15-21(29)27-23(3,4)5)24-14-20(28(6)7)17-8-9-17;/h10-13,16-17,20H,8-9,14-15H2,1-7H3,(H,27,29)(H2,24,25,26);1H. The summed E-state index contributed by atoms with van der Waals surface area (Å²) in [6.07, 6.45) is 2.68. The summed E-state index contributed by atoms with van der Waals surface area (Å²) >= 11 is 0. The maximum Gasteiger partial charge on any atom is 0.242 e. The Morgan fingerprint density at radius 3 is 2.29 bits per heavy atom. The molecule has 0 radical (unpaired) electrons. The van der Waals surface area contributed by atoms with Gasteiger partial charge in [-0.3, -0.25) is 4.79 Å². The number of hydrogen-bond donors (Lipinski definition) is 3. The first-order chi connectivity index (χ1) is 14.0. The fourth-order valence-corrected chi connectivity index (χ4v) is 3.23. The Hall–Kier alpha value is -1.55. The summed E-state index contributed by atoms with van der Waals surface area (Å²) < 4.78 is 5.71.